The van der Waals surface area contributed by atoms with Crippen LogP contribution in [0.2, 0.25) is 5.02 Å². The van der Waals surface area contributed by atoms with Gasteiger partial charge in [-0.3, -0.25) is 0 Å². The summed E-state index contributed by atoms with van der Waals surface area (Å²) in [5, 5.41) is 15.6. The van der Waals surface area contributed by atoms with E-state index in [4.69, 9.17) is 16.8 Å². The van der Waals surface area contributed by atoms with Crippen molar-refractivity contribution in [1.82, 2.24) is 0 Å². The summed E-state index contributed by atoms with van der Waals surface area (Å²) in [5.74, 6) is 0. The van der Waals surface area contributed by atoms with E-state index >= 15 is 0 Å². The van der Waals surface area contributed by atoms with Gasteiger partial charge in [-0.05, 0) is 25.1 Å². The van der Waals surface area contributed by atoms with Crippen molar-refractivity contribution < 1.29 is 5.21 Å². The van der Waals surface area contributed by atoms with Crippen LogP contribution in [0.5, 0.6) is 0 Å². The van der Waals surface area contributed by atoms with Crippen LogP contribution in [-0.2, 0) is 0 Å². The molecule has 4 heteroatoms. The molecule has 0 fully saturated rings. The Bertz CT molecular complexity index is 504. The monoisotopic (exact) mass is 225 g/mol. The molecule has 0 amide bonds. The Balaban J connectivity index is 2.73. The Hall–Kier alpha value is -1.06. The number of nitrogens with zero attached hydrogens (tertiary/aromatic N) is 1. The zero-order valence-electron chi connectivity index (χ0n) is 7.49. The third-order valence-corrected chi connectivity index (χ3v) is 3.27. The molecule has 1 N–H and O–H groups in total. The molecular formula is C10H8ClNOS. The van der Waals surface area contributed by atoms with Crippen molar-refractivity contribution >= 4 is 38.7 Å². The normalized spacial score (nSPS) is 12.3. The van der Waals surface area contributed by atoms with Gasteiger partial charge in [-0.15, -0.1) is 11.3 Å². The third kappa shape index (κ3) is 1.49. The highest BCUT2D eigenvalue weighted by Gasteiger charge is 2.07. The molecule has 0 atom stereocenters. The van der Waals surface area contributed by atoms with Crippen molar-refractivity contribution in [2.45, 2.75) is 6.92 Å². The summed E-state index contributed by atoms with van der Waals surface area (Å²) in [7, 11) is 0. The lowest BCUT2D eigenvalue weighted by molar-refractivity contribution is 0.319. The van der Waals surface area contributed by atoms with Gasteiger partial charge >= 0.3 is 0 Å². The minimum Gasteiger partial charge on any atom is -0.411 e. The van der Waals surface area contributed by atoms with E-state index in [0.717, 1.165) is 15.6 Å². The summed E-state index contributed by atoms with van der Waals surface area (Å²) in [6, 6.07) is 5.71. The van der Waals surface area contributed by atoms with Gasteiger partial charge in [0.15, 0.2) is 0 Å². The number of fused-ring (bicyclic) bond motifs is 1. The molecule has 0 spiro atoms. The lowest BCUT2D eigenvalue weighted by Crippen LogP contribution is -1.91. The van der Waals surface area contributed by atoms with E-state index in [-0.39, 0.29) is 0 Å². The molecule has 1 aromatic carbocycles. The van der Waals surface area contributed by atoms with Crippen LogP contribution in [0.3, 0.4) is 0 Å². The second-order valence-electron chi connectivity index (χ2n) is 2.98. The summed E-state index contributed by atoms with van der Waals surface area (Å²) in [6.45, 7) is 1.77. The lowest BCUT2D eigenvalue weighted by Gasteiger charge is -1.96. The molecule has 0 saturated carbocycles. The summed E-state index contributed by atoms with van der Waals surface area (Å²) < 4.78 is 1.15. The van der Waals surface area contributed by atoms with Gasteiger partial charge < -0.3 is 5.21 Å². The molecule has 2 aromatic rings. The lowest BCUT2D eigenvalue weighted by atomic mass is 10.1. The number of thiophene rings is 1. The maximum absolute atomic E-state index is 8.69. The van der Waals surface area contributed by atoms with Gasteiger partial charge in [0.1, 0.15) is 0 Å². The largest absolute Gasteiger partial charge is 0.411 e. The molecule has 0 radical (unpaired) electrons. The van der Waals surface area contributed by atoms with Gasteiger partial charge in [0, 0.05) is 26.1 Å². The smallest absolute Gasteiger partial charge is 0.0851 e. The zero-order valence-corrected chi connectivity index (χ0v) is 9.06. The van der Waals surface area contributed by atoms with Crippen LogP contribution in [0.25, 0.3) is 10.1 Å². The van der Waals surface area contributed by atoms with E-state index in [1.165, 1.54) is 0 Å². The van der Waals surface area contributed by atoms with Crippen molar-refractivity contribution in [3.8, 4) is 0 Å². The molecule has 2 nitrogen and oxygen atoms in total. The number of halogens is 1. The molecule has 1 heterocycles. The maximum atomic E-state index is 8.69. The van der Waals surface area contributed by atoms with Crippen molar-refractivity contribution in [3.63, 3.8) is 0 Å². The fourth-order valence-corrected chi connectivity index (χ4v) is 2.49. The Kier molecular flexibility index (Phi) is 2.44. The van der Waals surface area contributed by atoms with Crippen LogP contribution in [0.4, 0.5) is 0 Å². The van der Waals surface area contributed by atoms with Crippen LogP contribution in [0.15, 0.2) is 28.7 Å². The molecule has 0 unspecified atom stereocenters. The molecular weight excluding hydrogens is 218 g/mol. The molecule has 0 saturated heterocycles. The average Bonchev–Trinajstić information content (AvgIpc) is 2.59. The molecule has 2 rings (SSSR count). The molecule has 72 valence electrons. The van der Waals surface area contributed by atoms with Crippen LogP contribution < -0.4 is 0 Å². The first-order chi connectivity index (χ1) is 6.72. The molecule has 0 aliphatic heterocycles. The van der Waals surface area contributed by atoms with Gasteiger partial charge in [-0.1, -0.05) is 16.8 Å². The van der Waals surface area contributed by atoms with Gasteiger partial charge in [0.05, 0.1) is 5.71 Å². The van der Waals surface area contributed by atoms with Crippen LogP contribution >= 0.6 is 22.9 Å². The van der Waals surface area contributed by atoms with E-state index in [1.54, 1.807) is 18.3 Å². The first-order valence-corrected chi connectivity index (χ1v) is 5.34. The minimum atomic E-state index is 0.610. The van der Waals surface area contributed by atoms with Crippen LogP contribution in [-0.4, -0.2) is 10.9 Å². The predicted molar refractivity (Wildman–Crippen MR) is 60.8 cm³/mol. The third-order valence-electron chi connectivity index (χ3n) is 2.08. The molecule has 1 aromatic heterocycles. The molecule has 0 aliphatic rings. The zero-order chi connectivity index (χ0) is 10.1. The van der Waals surface area contributed by atoms with Gasteiger partial charge in [-0.2, -0.15) is 0 Å². The van der Waals surface area contributed by atoms with Gasteiger partial charge in [-0.25, -0.2) is 0 Å². The Morgan fingerprint density at radius 1 is 1.50 bits per heavy atom. The molecule has 0 aliphatic carbocycles. The highest BCUT2D eigenvalue weighted by Crippen LogP contribution is 2.28. The molecule has 14 heavy (non-hydrogen) atoms. The standard InChI is InChI=1S/C10H8ClNOS/c1-6(12-13)9-5-14-10-3-2-7(11)4-8(9)10/h2-5,13H,1H3. The fraction of sp³-hybridized carbons (Fsp3) is 0.100. The number of rotatable bonds is 1. The van der Waals surface area contributed by atoms with E-state index in [1.807, 2.05) is 23.6 Å². The Labute approximate surface area is 90.4 Å². The second-order valence-corrected chi connectivity index (χ2v) is 4.32. The second kappa shape index (κ2) is 3.59. The summed E-state index contributed by atoms with van der Waals surface area (Å²) in [5.41, 5.74) is 1.55. The topological polar surface area (TPSA) is 32.6 Å². The van der Waals surface area contributed by atoms with E-state index in [2.05, 4.69) is 5.16 Å². The molecule has 0 bridgehead atoms. The van der Waals surface area contributed by atoms with E-state index in [0.29, 0.717) is 10.7 Å². The quantitative estimate of drug-likeness (QED) is 0.448. The van der Waals surface area contributed by atoms with Crippen molar-refractivity contribution in [2.24, 2.45) is 5.16 Å². The summed E-state index contributed by atoms with van der Waals surface area (Å²) in [4.78, 5) is 0. The maximum Gasteiger partial charge on any atom is 0.0851 e. The fourth-order valence-electron chi connectivity index (χ4n) is 1.34. The summed E-state index contributed by atoms with van der Waals surface area (Å²) in [6.07, 6.45) is 0. The predicted octanol–water partition coefficient (Wildman–Crippen LogP) is 3.75. The SMILES string of the molecule is CC(=NO)c1csc2ccc(Cl)cc12. The van der Waals surface area contributed by atoms with Crippen LogP contribution in [0, 0.1) is 0 Å². The number of hydrogen-bond donors (Lipinski definition) is 1. The Morgan fingerprint density at radius 3 is 3.00 bits per heavy atom. The van der Waals surface area contributed by atoms with Crippen molar-refractivity contribution in [2.75, 3.05) is 0 Å². The minimum absolute atomic E-state index is 0.610. The van der Waals surface area contributed by atoms with Crippen LogP contribution in [0.1, 0.15) is 12.5 Å². The number of hydrogen-bond acceptors (Lipinski definition) is 3. The van der Waals surface area contributed by atoms with Gasteiger partial charge in [0.2, 0.25) is 0 Å². The van der Waals surface area contributed by atoms with Gasteiger partial charge in [0.25, 0.3) is 0 Å². The first kappa shape index (κ1) is 9.49. The van der Waals surface area contributed by atoms with Crippen molar-refractivity contribution in [1.29, 1.82) is 0 Å². The Morgan fingerprint density at radius 2 is 2.29 bits per heavy atom. The number of oxime groups is 1. The first-order valence-electron chi connectivity index (χ1n) is 4.08. The average molecular weight is 226 g/mol. The van der Waals surface area contributed by atoms with E-state index in [9.17, 15) is 0 Å². The number of benzene rings is 1. The van der Waals surface area contributed by atoms with E-state index < -0.39 is 0 Å². The highest BCUT2D eigenvalue weighted by atomic mass is 35.5. The van der Waals surface area contributed by atoms with Crippen molar-refractivity contribution in [3.05, 3.63) is 34.2 Å². The highest BCUT2D eigenvalue weighted by molar-refractivity contribution is 7.17. The summed E-state index contributed by atoms with van der Waals surface area (Å²) >= 11 is 7.51.